The largest absolute Gasteiger partial charge is 0.481 e. The minimum atomic E-state index is -1.04. The zero-order chi connectivity index (χ0) is 22.1. The standard InChI is InChI=1S/C14H18N2O3.C7H8N2O2/c17-13(16-9-10-4-3-7-15-8-10)11-5-1-2-6-12(11)14(18)19;8-4-1-2-5(7(10)11)6(9)3-4/h3-4,7-8,11-12H,1-2,5-6,9H2,(H,16,17)(H,18,19);1-3H,8-9H2,(H,10,11)/t11-,12+;/m1./s1. The van der Waals surface area contributed by atoms with E-state index in [0.717, 1.165) is 18.4 Å². The number of nitrogen functional groups attached to an aromatic ring is 2. The third-order valence-corrected chi connectivity index (χ3v) is 4.92. The maximum absolute atomic E-state index is 12.1. The van der Waals surface area contributed by atoms with Crippen LogP contribution < -0.4 is 16.8 Å². The molecule has 7 N–H and O–H groups in total. The summed E-state index contributed by atoms with van der Waals surface area (Å²) in [6, 6.07) is 7.99. The van der Waals surface area contributed by atoms with Gasteiger partial charge < -0.3 is 27.0 Å². The highest BCUT2D eigenvalue weighted by Crippen LogP contribution is 2.30. The number of carbonyl (C=O) groups is 3. The van der Waals surface area contributed by atoms with Gasteiger partial charge in [0.15, 0.2) is 0 Å². The van der Waals surface area contributed by atoms with Gasteiger partial charge in [0, 0.05) is 30.3 Å². The fraction of sp³-hybridized carbons (Fsp3) is 0.333. The fourth-order valence-electron chi connectivity index (χ4n) is 3.34. The maximum atomic E-state index is 12.1. The molecular weight excluding hydrogens is 388 g/mol. The second-order valence-corrected chi connectivity index (χ2v) is 7.07. The average Bonchev–Trinajstić information content (AvgIpc) is 2.73. The Morgan fingerprint density at radius 1 is 1.07 bits per heavy atom. The number of aromatic carboxylic acids is 1. The number of aliphatic carboxylic acids is 1. The van der Waals surface area contributed by atoms with E-state index < -0.39 is 23.8 Å². The Balaban J connectivity index is 0.000000248. The summed E-state index contributed by atoms with van der Waals surface area (Å²) in [6.07, 6.45) is 6.44. The van der Waals surface area contributed by atoms with Gasteiger partial charge in [-0.15, -0.1) is 0 Å². The molecule has 3 rings (SSSR count). The molecule has 0 bridgehead atoms. The zero-order valence-corrected chi connectivity index (χ0v) is 16.5. The van der Waals surface area contributed by atoms with Crippen molar-refractivity contribution in [1.29, 1.82) is 0 Å². The molecule has 9 heteroatoms. The molecule has 1 aliphatic rings. The number of aromatic nitrogens is 1. The maximum Gasteiger partial charge on any atom is 0.337 e. The monoisotopic (exact) mass is 414 g/mol. The summed E-state index contributed by atoms with van der Waals surface area (Å²) >= 11 is 0. The lowest BCUT2D eigenvalue weighted by molar-refractivity contribution is -0.148. The lowest BCUT2D eigenvalue weighted by Gasteiger charge is -2.27. The summed E-state index contributed by atoms with van der Waals surface area (Å²) in [5.41, 5.74) is 12.4. The number of benzene rings is 1. The van der Waals surface area contributed by atoms with Crippen LogP contribution in [0.15, 0.2) is 42.7 Å². The number of amides is 1. The predicted molar refractivity (Wildman–Crippen MR) is 111 cm³/mol. The molecule has 2 aromatic rings. The van der Waals surface area contributed by atoms with Crippen LogP contribution in [0.2, 0.25) is 0 Å². The summed E-state index contributed by atoms with van der Waals surface area (Å²) in [4.78, 5) is 37.6. The molecule has 1 aliphatic carbocycles. The number of nitrogens with zero attached hydrogens (tertiary/aromatic N) is 1. The average molecular weight is 414 g/mol. The van der Waals surface area contributed by atoms with Crippen LogP contribution in [-0.4, -0.2) is 33.0 Å². The zero-order valence-electron chi connectivity index (χ0n) is 16.5. The Morgan fingerprint density at radius 2 is 1.77 bits per heavy atom. The van der Waals surface area contributed by atoms with E-state index in [4.69, 9.17) is 21.7 Å². The van der Waals surface area contributed by atoms with Crippen molar-refractivity contribution in [3.63, 3.8) is 0 Å². The molecule has 30 heavy (non-hydrogen) atoms. The van der Waals surface area contributed by atoms with Crippen molar-refractivity contribution in [1.82, 2.24) is 10.3 Å². The van der Waals surface area contributed by atoms with Crippen molar-refractivity contribution in [3.8, 4) is 0 Å². The highest BCUT2D eigenvalue weighted by Gasteiger charge is 2.35. The number of pyridine rings is 1. The number of hydrogen-bond donors (Lipinski definition) is 5. The number of carboxylic acid groups (broad SMARTS) is 2. The first-order chi connectivity index (χ1) is 14.3. The Labute approximate surface area is 174 Å². The fourth-order valence-corrected chi connectivity index (χ4v) is 3.34. The van der Waals surface area contributed by atoms with Crippen LogP contribution in [0, 0.1) is 11.8 Å². The van der Waals surface area contributed by atoms with E-state index in [1.165, 1.54) is 18.2 Å². The highest BCUT2D eigenvalue weighted by molar-refractivity contribution is 5.94. The van der Waals surface area contributed by atoms with Crippen LogP contribution >= 0.6 is 0 Å². The van der Waals surface area contributed by atoms with Crippen molar-refractivity contribution >= 4 is 29.2 Å². The first-order valence-corrected chi connectivity index (χ1v) is 9.57. The second kappa shape index (κ2) is 10.8. The van der Waals surface area contributed by atoms with E-state index in [-0.39, 0.29) is 17.2 Å². The van der Waals surface area contributed by atoms with Crippen molar-refractivity contribution in [3.05, 3.63) is 53.9 Å². The van der Waals surface area contributed by atoms with Crippen molar-refractivity contribution < 1.29 is 24.6 Å². The number of nitrogens with one attached hydrogen (secondary N) is 1. The number of anilines is 2. The lowest BCUT2D eigenvalue weighted by Crippen LogP contribution is -2.39. The molecule has 1 saturated carbocycles. The first-order valence-electron chi connectivity index (χ1n) is 9.57. The van der Waals surface area contributed by atoms with Gasteiger partial charge in [0.1, 0.15) is 0 Å². The van der Waals surface area contributed by atoms with Gasteiger partial charge >= 0.3 is 11.9 Å². The predicted octanol–water partition coefficient (Wildman–Crippen LogP) is 2.14. The van der Waals surface area contributed by atoms with E-state index in [0.29, 0.717) is 25.1 Å². The molecule has 1 aromatic heterocycles. The van der Waals surface area contributed by atoms with Crippen LogP contribution in [0.1, 0.15) is 41.6 Å². The SMILES string of the molecule is Nc1ccc(C(=O)O)c(N)c1.O=C(O)[C@H]1CCCC[C@H]1C(=O)NCc1cccnc1. The second-order valence-electron chi connectivity index (χ2n) is 7.07. The van der Waals surface area contributed by atoms with Crippen LogP contribution in [0.5, 0.6) is 0 Å². The molecule has 1 fully saturated rings. The normalized spacial score (nSPS) is 17.9. The highest BCUT2D eigenvalue weighted by atomic mass is 16.4. The van der Waals surface area contributed by atoms with Gasteiger partial charge in [-0.1, -0.05) is 18.9 Å². The molecule has 0 unspecified atom stereocenters. The van der Waals surface area contributed by atoms with Gasteiger partial charge in [-0.2, -0.15) is 0 Å². The lowest BCUT2D eigenvalue weighted by atomic mass is 9.78. The smallest absolute Gasteiger partial charge is 0.337 e. The molecule has 0 radical (unpaired) electrons. The minimum Gasteiger partial charge on any atom is -0.481 e. The Morgan fingerprint density at radius 3 is 2.33 bits per heavy atom. The molecule has 1 heterocycles. The van der Waals surface area contributed by atoms with Gasteiger partial charge in [-0.3, -0.25) is 14.6 Å². The third-order valence-electron chi connectivity index (χ3n) is 4.92. The van der Waals surface area contributed by atoms with Gasteiger partial charge in [-0.25, -0.2) is 4.79 Å². The van der Waals surface area contributed by atoms with Crippen LogP contribution in [-0.2, 0) is 16.1 Å². The van der Waals surface area contributed by atoms with Gasteiger partial charge in [-0.05, 0) is 42.7 Å². The van der Waals surface area contributed by atoms with E-state index in [9.17, 15) is 14.4 Å². The molecule has 9 nitrogen and oxygen atoms in total. The van der Waals surface area contributed by atoms with Gasteiger partial charge in [0.25, 0.3) is 0 Å². The quantitative estimate of drug-likeness (QED) is 0.463. The van der Waals surface area contributed by atoms with E-state index in [2.05, 4.69) is 10.3 Å². The summed E-state index contributed by atoms with van der Waals surface area (Å²) in [7, 11) is 0. The van der Waals surface area contributed by atoms with Crippen LogP contribution in [0.25, 0.3) is 0 Å². The van der Waals surface area contributed by atoms with Gasteiger partial charge in [0.05, 0.1) is 17.4 Å². The summed E-state index contributed by atoms with van der Waals surface area (Å²) in [6.45, 7) is 0.398. The number of hydrogen-bond acceptors (Lipinski definition) is 6. The van der Waals surface area contributed by atoms with Gasteiger partial charge in [0.2, 0.25) is 5.91 Å². The molecular formula is C21H26N4O5. The topological polar surface area (TPSA) is 169 Å². The first kappa shape index (κ1) is 22.7. The van der Waals surface area contributed by atoms with Crippen molar-refractivity contribution in [2.24, 2.45) is 11.8 Å². The van der Waals surface area contributed by atoms with Crippen LogP contribution in [0.4, 0.5) is 11.4 Å². The Hall–Kier alpha value is -3.62. The Kier molecular flexibility index (Phi) is 8.16. The molecule has 2 atom stereocenters. The van der Waals surface area contributed by atoms with E-state index in [1.54, 1.807) is 12.4 Å². The number of rotatable bonds is 5. The molecule has 1 amide bonds. The summed E-state index contributed by atoms with van der Waals surface area (Å²) in [5.74, 6) is -3.00. The summed E-state index contributed by atoms with van der Waals surface area (Å²) < 4.78 is 0. The molecule has 0 spiro atoms. The molecule has 0 saturated heterocycles. The number of carboxylic acids is 2. The van der Waals surface area contributed by atoms with Crippen molar-refractivity contribution in [2.45, 2.75) is 32.2 Å². The molecule has 160 valence electrons. The number of nitrogens with two attached hydrogens (primary N) is 2. The minimum absolute atomic E-state index is 0.0826. The third kappa shape index (κ3) is 6.47. The Bertz CT molecular complexity index is 888. The van der Waals surface area contributed by atoms with E-state index in [1.807, 2.05) is 12.1 Å². The molecule has 0 aliphatic heterocycles. The molecule has 1 aromatic carbocycles. The van der Waals surface area contributed by atoms with Crippen molar-refractivity contribution in [2.75, 3.05) is 11.5 Å². The van der Waals surface area contributed by atoms with Crippen LogP contribution in [0.3, 0.4) is 0 Å². The summed E-state index contributed by atoms with van der Waals surface area (Å²) in [5, 5.41) is 20.5. The van der Waals surface area contributed by atoms with E-state index >= 15 is 0 Å². The number of carbonyl (C=O) groups excluding carboxylic acids is 1.